The smallest absolute Gasteiger partial charge is 0.319 e. The van der Waals surface area contributed by atoms with Gasteiger partial charge in [0.15, 0.2) is 0 Å². The Balaban J connectivity index is 2.05. The number of carbonyl (C=O) groups is 1. The van der Waals surface area contributed by atoms with Gasteiger partial charge < -0.3 is 15.7 Å². The van der Waals surface area contributed by atoms with E-state index in [0.717, 1.165) is 11.1 Å². The van der Waals surface area contributed by atoms with Crippen molar-refractivity contribution < 1.29 is 14.3 Å². The average Bonchev–Trinajstić information content (AvgIpc) is 2.49. The van der Waals surface area contributed by atoms with Gasteiger partial charge in [-0.3, -0.25) is 0 Å². The van der Waals surface area contributed by atoms with Gasteiger partial charge in [0, 0.05) is 5.69 Å². The first kappa shape index (κ1) is 15.0. The fourth-order valence-electron chi connectivity index (χ4n) is 1.97. The molecule has 0 fully saturated rings. The number of amides is 2. The molecule has 0 saturated carbocycles. The standard InChI is InChI=1S/C16H17FN2O2/c1-11-7-8-13(17)9-14(11)18-16(21)19-15(10-20)12-5-3-2-4-6-12/h2-9,15,20H,10H2,1H3,(H2,18,19,21)/t15-/m1/s1. The van der Waals surface area contributed by atoms with Gasteiger partial charge in [0.1, 0.15) is 5.82 Å². The van der Waals surface area contributed by atoms with Crippen LogP contribution in [0.1, 0.15) is 17.2 Å². The molecule has 0 spiro atoms. The SMILES string of the molecule is Cc1ccc(F)cc1NC(=O)N[C@H](CO)c1ccccc1. The minimum absolute atomic E-state index is 0.223. The fraction of sp³-hybridized carbons (Fsp3) is 0.188. The van der Waals surface area contributed by atoms with Gasteiger partial charge in [-0.1, -0.05) is 36.4 Å². The molecular formula is C16H17FN2O2. The molecule has 0 bridgehead atoms. The summed E-state index contributed by atoms with van der Waals surface area (Å²) >= 11 is 0. The number of aliphatic hydroxyl groups is 1. The molecule has 0 aliphatic carbocycles. The summed E-state index contributed by atoms with van der Waals surface area (Å²) in [5.74, 6) is -0.419. The van der Waals surface area contributed by atoms with Crippen molar-refractivity contribution in [2.45, 2.75) is 13.0 Å². The maximum atomic E-state index is 13.2. The summed E-state index contributed by atoms with van der Waals surface area (Å²) in [5.41, 5.74) is 1.95. The molecule has 0 saturated heterocycles. The molecular weight excluding hydrogens is 271 g/mol. The summed E-state index contributed by atoms with van der Waals surface area (Å²) < 4.78 is 13.2. The number of nitrogens with one attached hydrogen (secondary N) is 2. The third kappa shape index (κ3) is 4.03. The first-order chi connectivity index (χ1) is 10.1. The summed E-state index contributed by atoms with van der Waals surface area (Å²) in [6, 6.07) is 12.3. The predicted octanol–water partition coefficient (Wildman–Crippen LogP) is 2.99. The third-order valence-electron chi connectivity index (χ3n) is 3.14. The molecule has 0 radical (unpaired) electrons. The van der Waals surface area contributed by atoms with Crippen LogP contribution >= 0.6 is 0 Å². The normalized spacial score (nSPS) is 11.8. The highest BCUT2D eigenvalue weighted by Crippen LogP contribution is 2.17. The van der Waals surface area contributed by atoms with E-state index in [9.17, 15) is 14.3 Å². The lowest BCUT2D eigenvalue weighted by Crippen LogP contribution is -2.34. The van der Waals surface area contributed by atoms with Crippen molar-refractivity contribution >= 4 is 11.7 Å². The average molecular weight is 288 g/mol. The summed E-state index contributed by atoms with van der Waals surface area (Å²) in [7, 11) is 0. The molecule has 1 atom stereocenters. The van der Waals surface area contributed by atoms with Crippen molar-refractivity contribution in [2.24, 2.45) is 0 Å². The van der Waals surface area contributed by atoms with Crippen LogP contribution in [0.2, 0.25) is 0 Å². The molecule has 4 nitrogen and oxygen atoms in total. The van der Waals surface area contributed by atoms with Crippen LogP contribution in [0.4, 0.5) is 14.9 Å². The van der Waals surface area contributed by atoms with Crippen LogP contribution < -0.4 is 10.6 Å². The van der Waals surface area contributed by atoms with Gasteiger partial charge in [0.05, 0.1) is 12.6 Å². The molecule has 2 aromatic rings. The Kier molecular flexibility index (Phi) is 4.90. The lowest BCUT2D eigenvalue weighted by Gasteiger charge is -2.17. The third-order valence-corrected chi connectivity index (χ3v) is 3.14. The van der Waals surface area contributed by atoms with Gasteiger partial charge in [0.2, 0.25) is 0 Å². The largest absolute Gasteiger partial charge is 0.394 e. The fourth-order valence-corrected chi connectivity index (χ4v) is 1.97. The number of aryl methyl sites for hydroxylation is 1. The van der Waals surface area contributed by atoms with E-state index in [1.807, 2.05) is 30.3 Å². The van der Waals surface area contributed by atoms with Crippen LogP contribution in [0.5, 0.6) is 0 Å². The van der Waals surface area contributed by atoms with E-state index >= 15 is 0 Å². The van der Waals surface area contributed by atoms with Gasteiger partial charge in [-0.2, -0.15) is 0 Å². The molecule has 0 aliphatic heterocycles. The number of anilines is 1. The number of carbonyl (C=O) groups excluding carboxylic acids is 1. The maximum Gasteiger partial charge on any atom is 0.319 e. The summed E-state index contributed by atoms with van der Waals surface area (Å²) in [6.45, 7) is 1.55. The van der Waals surface area contributed by atoms with Crippen LogP contribution in [0.15, 0.2) is 48.5 Å². The van der Waals surface area contributed by atoms with E-state index in [0.29, 0.717) is 5.69 Å². The highest BCUT2D eigenvalue weighted by molar-refractivity contribution is 5.90. The second-order valence-electron chi connectivity index (χ2n) is 4.70. The van der Waals surface area contributed by atoms with Crippen molar-refractivity contribution in [3.05, 3.63) is 65.5 Å². The molecule has 3 N–H and O–H groups in total. The van der Waals surface area contributed by atoms with Gasteiger partial charge in [0.25, 0.3) is 0 Å². The summed E-state index contributed by atoms with van der Waals surface area (Å²) in [5, 5.41) is 14.6. The van der Waals surface area contributed by atoms with Crippen LogP contribution in [-0.2, 0) is 0 Å². The van der Waals surface area contributed by atoms with E-state index in [1.165, 1.54) is 12.1 Å². The monoisotopic (exact) mass is 288 g/mol. The molecule has 110 valence electrons. The van der Waals surface area contributed by atoms with Crippen molar-refractivity contribution in [1.82, 2.24) is 5.32 Å². The van der Waals surface area contributed by atoms with Crippen molar-refractivity contribution in [1.29, 1.82) is 0 Å². The van der Waals surface area contributed by atoms with E-state index in [2.05, 4.69) is 10.6 Å². The second kappa shape index (κ2) is 6.85. The van der Waals surface area contributed by atoms with Gasteiger partial charge >= 0.3 is 6.03 Å². The highest BCUT2D eigenvalue weighted by atomic mass is 19.1. The number of hydrogen-bond acceptors (Lipinski definition) is 2. The molecule has 2 rings (SSSR count). The van der Waals surface area contributed by atoms with Crippen LogP contribution in [0.25, 0.3) is 0 Å². The molecule has 0 heterocycles. The van der Waals surface area contributed by atoms with Crippen LogP contribution in [0, 0.1) is 12.7 Å². The lowest BCUT2D eigenvalue weighted by molar-refractivity contribution is 0.225. The van der Waals surface area contributed by atoms with Gasteiger partial charge in [-0.05, 0) is 30.2 Å². The Hall–Kier alpha value is -2.40. The zero-order chi connectivity index (χ0) is 15.2. The number of aliphatic hydroxyl groups excluding tert-OH is 1. The quantitative estimate of drug-likeness (QED) is 0.810. The predicted molar refractivity (Wildman–Crippen MR) is 79.6 cm³/mol. The number of hydrogen-bond donors (Lipinski definition) is 3. The number of rotatable bonds is 4. The zero-order valence-corrected chi connectivity index (χ0v) is 11.6. The number of benzene rings is 2. The highest BCUT2D eigenvalue weighted by Gasteiger charge is 2.14. The van der Waals surface area contributed by atoms with Crippen molar-refractivity contribution in [3.63, 3.8) is 0 Å². The number of halogens is 1. The molecule has 0 aliphatic rings. The Bertz CT molecular complexity index is 617. The first-order valence-electron chi connectivity index (χ1n) is 6.59. The van der Waals surface area contributed by atoms with Crippen molar-refractivity contribution in [2.75, 3.05) is 11.9 Å². The Labute approximate surface area is 122 Å². The van der Waals surface area contributed by atoms with Crippen molar-refractivity contribution in [3.8, 4) is 0 Å². The minimum Gasteiger partial charge on any atom is -0.394 e. The van der Waals surface area contributed by atoms with Gasteiger partial charge in [-0.25, -0.2) is 9.18 Å². The zero-order valence-electron chi connectivity index (χ0n) is 11.6. The first-order valence-corrected chi connectivity index (χ1v) is 6.59. The van der Waals surface area contributed by atoms with Gasteiger partial charge in [-0.15, -0.1) is 0 Å². The molecule has 0 aromatic heterocycles. The molecule has 0 unspecified atom stereocenters. The molecule has 21 heavy (non-hydrogen) atoms. The Morgan fingerprint density at radius 2 is 1.95 bits per heavy atom. The molecule has 2 aromatic carbocycles. The summed E-state index contributed by atoms with van der Waals surface area (Å²) in [4.78, 5) is 12.0. The maximum absolute atomic E-state index is 13.2. The topological polar surface area (TPSA) is 61.4 Å². The summed E-state index contributed by atoms with van der Waals surface area (Å²) in [6.07, 6.45) is 0. The lowest BCUT2D eigenvalue weighted by atomic mass is 10.1. The second-order valence-corrected chi connectivity index (χ2v) is 4.70. The van der Waals surface area contributed by atoms with E-state index in [-0.39, 0.29) is 6.61 Å². The van der Waals surface area contributed by atoms with E-state index < -0.39 is 17.9 Å². The van der Waals surface area contributed by atoms with Crippen LogP contribution in [-0.4, -0.2) is 17.7 Å². The Morgan fingerprint density at radius 1 is 1.24 bits per heavy atom. The van der Waals surface area contributed by atoms with E-state index in [4.69, 9.17) is 0 Å². The number of urea groups is 1. The molecule has 5 heteroatoms. The minimum atomic E-state index is -0.514. The van der Waals surface area contributed by atoms with Crippen LogP contribution in [0.3, 0.4) is 0 Å². The molecule has 2 amide bonds. The van der Waals surface area contributed by atoms with E-state index in [1.54, 1.807) is 13.0 Å². The Morgan fingerprint density at radius 3 is 2.62 bits per heavy atom.